The summed E-state index contributed by atoms with van der Waals surface area (Å²) in [4.78, 5) is 7.37. The molecule has 0 aliphatic rings. The summed E-state index contributed by atoms with van der Waals surface area (Å²) in [5.41, 5.74) is 14.1. The first-order valence-electron chi connectivity index (χ1n) is 19.2. The molecule has 0 amide bonds. The Morgan fingerprint density at radius 3 is 1.81 bits per heavy atom. The van der Waals surface area contributed by atoms with Gasteiger partial charge in [-0.1, -0.05) is 146 Å². The lowest BCUT2D eigenvalue weighted by molar-refractivity contribution is 0.669. The quantitative estimate of drug-likeness (QED) is 0.163. The maximum absolute atomic E-state index is 6.52. The van der Waals surface area contributed by atoms with E-state index in [-0.39, 0.29) is 0 Å². The molecule has 3 nitrogen and oxygen atoms in total. The number of aromatic nitrogens is 1. The smallest absolute Gasteiger partial charge is 0.137 e. The van der Waals surface area contributed by atoms with E-state index in [9.17, 15) is 0 Å². The zero-order valence-electron chi connectivity index (χ0n) is 30.8. The van der Waals surface area contributed by atoms with Crippen molar-refractivity contribution in [2.24, 2.45) is 0 Å². The summed E-state index contributed by atoms with van der Waals surface area (Å²) < 4.78 is 7.67. The predicted octanol–water partition coefficient (Wildman–Crippen LogP) is 15.5. The standard InChI is InChI=1S/C53H34N2OS/c1-4-12-35(13-5-1)41-24-30-48(46(33-41)38-15-6-2-7-16-38)55(44-27-22-36-14-10-11-19-40(36)32-44)43-25-20-37(21-26-43)42-23-28-45-50(34-42)56-49-31-29-47-52(51(45)49)57-53(54-47)39-17-8-3-9-18-39/h1-34H. The molecule has 0 aliphatic carbocycles. The van der Waals surface area contributed by atoms with Crippen LogP contribution in [0.5, 0.6) is 0 Å². The molecule has 2 aromatic heterocycles. The van der Waals surface area contributed by atoms with Crippen LogP contribution in [-0.4, -0.2) is 4.98 Å². The number of rotatable bonds is 7. The van der Waals surface area contributed by atoms with Crippen LogP contribution in [-0.2, 0) is 0 Å². The second-order valence-electron chi connectivity index (χ2n) is 14.4. The van der Waals surface area contributed by atoms with Gasteiger partial charge in [-0.15, -0.1) is 11.3 Å². The number of thiazole rings is 1. The topological polar surface area (TPSA) is 29.3 Å². The Morgan fingerprint density at radius 2 is 1.04 bits per heavy atom. The highest BCUT2D eigenvalue weighted by Gasteiger charge is 2.20. The van der Waals surface area contributed by atoms with Crippen LogP contribution >= 0.6 is 11.3 Å². The first kappa shape index (κ1) is 33.1. The van der Waals surface area contributed by atoms with Gasteiger partial charge in [0, 0.05) is 33.3 Å². The lowest BCUT2D eigenvalue weighted by atomic mass is 9.96. The fraction of sp³-hybridized carbons (Fsp3) is 0. The van der Waals surface area contributed by atoms with E-state index in [1.165, 1.54) is 27.5 Å². The second kappa shape index (κ2) is 13.8. The predicted molar refractivity (Wildman–Crippen MR) is 241 cm³/mol. The molecule has 0 fully saturated rings. The van der Waals surface area contributed by atoms with Crippen LogP contribution in [0.2, 0.25) is 0 Å². The van der Waals surface area contributed by atoms with Crippen LogP contribution in [0.3, 0.4) is 0 Å². The van der Waals surface area contributed by atoms with Crippen molar-refractivity contribution in [1.82, 2.24) is 4.98 Å². The zero-order valence-corrected chi connectivity index (χ0v) is 31.7. The van der Waals surface area contributed by atoms with Gasteiger partial charge in [-0.3, -0.25) is 0 Å². The van der Waals surface area contributed by atoms with Gasteiger partial charge in [0.25, 0.3) is 0 Å². The first-order valence-corrected chi connectivity index (χ1v) is 20.0. The minimum Gasteiger partial charge on any atom is -0.456 e. The number of hydrogen-bond acceptors (Lipinski definition) is 4. The Bertz CT molecular complexity index is 3220. The Morgan fingerprint density at radius 1 is 0.421 bits per heavy atom. The van der Waals surface area contributed by atoms with Gasteiger partial charge in [-0.2, -0.15) is 0 Å². The maximum Gasteiger partial charge on any atom is 0.137 e. The largest absolute Gasteiger partial charge is 0.456 e. The van der Waals surface area contributed by atoms with E-state index in [1.54, 1.807) is 11.3 Å². The summed E-state index contributed by atoms with van der Waals surface area (Å²) >= 11 is 1.72. The number of hydrogen-bond donors (Lipinski definition) is 0. The van der Waals surface area contributed by atoms with E-state index in [2.05, 4.69) is 205 Å². The van der Waals surface area contributed by atoms with E-state index < -0.39 is 0 Å². The van der Waals surface area contributed by atoms with Crippen LogP contribution in [0.15, 0.2) is 211 Å². The van der Waals surface area contributed by atoms with Gasteiger partial charge in [0.1, 0.15) is 16.2 Å². The molecule has 0 bridgehead atoms. The minimum absolute atomic E-state index is 0.873. The Labute approximate surface area is 334 Å². The lowest BCUT2D eigenvalue weighted by Crippen LogP contribution is -2.11. The molecule has 0 spiro atoms. The van der Waals surface area contributed by atoms with Crippen LogP contribution in [0.4, 0.5) is 17.1 Å². The van der Waals surface area contributed by atoms with Crippen molar-refractivity contribution in [2.45, 2.75) is 0 Å². The molecule has 9 aromatic carbocycles. The third-order valence-corrected chi connectivity index (χ3v) is 12.0. The maximum atomic E-state index is 6.52. The van der Waals surface area contributed by atoms with E-state index in [1.807, 2.05) is 6.07 Å². The minimum atomic E-state index is 0.873. The molecule has 0 unspecified atom stereocenters. The van der Waals surface area contributed by atoms with Gasteiger partial charge in [0.2, 0.25) is 0 Å². The highest BCUT2D eigenvalue weighted by atomic mass is 32.1. The lowest BCUT2D eigenvalue weighted by Gasteiger charge is -2.29. The molecular weight excluding hydrogens is 713 g/mol. The molecule has 0 aliphatic heterocycles. The van der Waals surface area contributed by atoms with Crippen molar-refractivity contribution >= 4 is 71.3 Å². The molecule has 11 aromatic rings. The van der Waals surface area contributed by atoms with Gasteiger partial charge in [0.15, 0.2) is 0 Å². The summed E-state index contributed by atoms with van der Waals surface area (Å²) in [6.45, 7) is 0. The van der Waals surface area contributed by atoms with Gasteiger partial charge in [0.05, 0.1) is 15.9 Å². The van der Waals surface area contributed by atoms with Crippen LogP contribution in [0.1, 0.15) is 0 Å². The SMILES string of the molecule is c1ccc(-c2ccc(N(c3ccc(-c4ccc5c(c4)oc4ccc6nc(-c7ccccc7)sc6c45)cc3)c3ccc4ccccc4c3)c(-c3ccccc3)c2)cc1. The molecule has 0 radical (unpaired) electrons. The highest BCUT2D eigenvalue weighted by Crippen LogP contribution is 2.45. The molecule has 0 atom stereocenters. The zero-order chi connectivity index (χ0) is 37.7. The first-order chi connectivity index (χ1) is 28.2. The van der Waals surface area contributed by atoms with Gasteiger partial charge in [-0.25, -0.2) is 4.98 Å². The summed E-state index contributed by atoms with van der Waals surface area (Å²) in [7, 11) is 0. The molecule has 268 valence electrons. The van der Waals surface area contributed by atoms with E-state index in [0.29, 0.717) is 0 Å². The third-order valence-electron chi connectivity index (χ3n) is 10.9. The van der Waals surface area contributed by atoms with Crippen molar-refractivity contribution in [3.63, 3.8) is 0 Å². The summed E-state index contributed by atoms with van der Waals surface area (Å²) in [5.74, 6) is 0. The molecule has 2 heterocycles. The van der Waals surface area contributed by atoms with Crippen LogP contribution in [0, 0.1) is 0 Å². The number of benzene rings is 9. The summed E-state index contributed by atoms with van der Waals surface area (Å²) in [5, 5.41) is 5.67. The van der Waals surface area contributed by atoms with Crippen molar-refractivity contribution in [1.29, 1.82) is 0 Å². The van der Waals surface area contributed by atoms with Gasteiger partial charge >= 0.3 is 0 Å². The molecule has 4 heteroatoms. The van der Waals surface area contributed by atoms with E-state index in [0.717, 1.165) is 76.5 Å². The Hall–Kier alpha value is -7.27. The van der Waals surface area contributed by atoms with Gasteiger partial charge < -0.3 is 9.32 Å². The van der Waals surface area contributed by atoms with E-state index >= 15 is 0 Å². The fourth-order valence-electron chi connectivity index (χ4n) is 8.07. The van der Waals surface area contributed by atoms with Crippen molar-refractivity contribution in [3.8, 4) is 44.0 Å². The average Bonchev–Trinajstić information content (AvgIpc) is 3.89. The van der Waals surface area contributed by atoms with Crippen LogP contribution in [0.25, 0.3) is 86.9 Å². The van der Waals surface area contributed by atoms with Crippen molar-refractivity contribution in [2.75, 3.05) is 4.90 Å². The normalized spacial score (nSPS) is 11.5. The monoisotopic (exact) mass is 746 g/mol. The van der Waals surface area contributed by atoms with Gasteiger partial charge in [-0.05, 0) is 99.3 Å². The molecule has 0 N–H and O–H groups in total. The number of nitrogens with zero attached hydrogens (tertiary/aromatic N) is 2. The second-order valence-corrected chi connectivity index (χ2v) is 15.4. The Kier molecular flexibility index (Phi) is 8.01. The summed E-state index contributed by atoms with van der Waals surface area (Å²) in [6.07, 6.45) is 0. The molecule has 0 saturated heterocycles. The number of fused-ring (bicyclic) bond motifs is 6. The van der Waals surface area contributed by atoms with Crippen molar-refractivity contribution in [3.05, 3.63) is 206 Å². The van der Waals surface area contributed by atoms with E-state index in [4.69, 9.17) is 9.40 Å². The number of anilines is 3. The van der Waals surface area contributed by atoms with Crippen molar-refractivity contribution < 1.29 is 4.42 Å². The highest BCUT2D eigenvalue weighted by molar-refractivity contribution is 7.22. The fourth-order valence-corrected chi connectivity index (χ4v) is 9.19. The third kappa shape index (κ3) is 5.95. The molecule has 57 heavy (non-hydrogen) atoms. The number of furan rings is 1. The molecule has 0 saturated carbocycles. The Balaban J connectivity index is 1.02. The molecule has 11 rings (SSSR count). The average molecular weight is 747 g/mol. The summed E-state index contributed by atoms with van der Waals surface area (Å²) in [6, 6.07) is 73.5. The van der Waals surface area contributed by atoms with Crippen LogP contribution < -0.4 is 4.90 Å². The molecular formula is C53H34N2OS.